The van der Waals surface area contributed by atoms with Gasteiger partial charge in [0.15, 0.2) is 5.96 Å². The number of aliphatic imine (C=N–C) groups is 1. The molecule has 0 aliphatic carbocycles. The highest BCUT2D eigenvalue weighted by Gasteiger charge is 2.26. The summed E-state index contributed by atoms with van der Waals surface area (Å²) in [7, 11) is 5.37. The average molecular weight is 566 g/mol. The van der Waals surface area contributed by atoms with Gasteiger partial charge in [-0.25, -0.2) is 8.78 Å². The number of guanidine groups is 1. The molecule has 2 heterocycles. The van der Waals surface area contributed by atoms with Crippen LogP contribution in [0.5, 0.6) is 0 Å². The molecule has 182 valence electrons. The van der Waals surface area contributed by atoms with E-state index in [4.69, 9.17) is 9.47 Å². The van der Waals surface area contributed by atoms with Gasteiger partial charge in [-0.3, -0.25) is 4.99 Å². The largest absolute Gasteiger partial charge is 0.376 e. The smallest absolute Gasteiger partial charge is 0.193 e. The van der Waals surface area contributed by atoms with Crippen LogP contribution in [0.1, 0.15) is 43.7 Å². The van der Waals surface area contributed by atoms with E-state index in [0.717, 1.165) is 51.3 Å². The number of likely N-dealkylation sites (tertiary alicyclic amines) is 1. The van der Waals surface area contributed by atoms with Crippen molar-refractivity contribution in [3.63, 3.8) is 0 Å². The van der Waals surface area contributed by atoms with Gasteiger partial charge < -0.3 is 24.6 Å². The van der Waals surface area contributed by atoms with Gasteiger partial charge in [-0.05, 0) is 58.3 Å². The van der Waals surface area contributed by atoms with Gasteiger partial charge in [0.1, 0.15) is 11.6 Å². The van der Waals surface area contributed by atoms with Gasteiger partial charge in [0, 0.05) is 38.9 Å². The molecule has 2 fully saturated rings. The lowest BCUT2D eigenvalue weighted by Gasteiger charge is -2.36. The number of piperidine rings is 1. The molecule has 0 spiro atoms. The molecule has 2 atom stereocenters. The fourth-order valence-electron chi connectivity index (χ4n) is 4.31. The van der Waals surface area contributed by atoms with Crippen molar-refractivity contribution < 1.29 is 18.3 Å². The third kappa shape index (κ3) is 7.50. The number of hydrogen-bond donors (Lipinski definition) is 1. The molecule has 0 amide bonds. The van der Waals surface area contributed by atoms with Crippen LogP contribution in [0.15, 0.2) is 23.2 Å². The van der Waals surface area contributed by atoms with Crippen molar-refractivity contribution in [3.8, 4) is 0 Å². The standard InChI is InChI=1S/C23H36F2N4O2.HI/c1-26-23(27-15-21(28(2)3)22-19(24)8-6-9-20(22)25)29-12-10-17(11-13-29)31-16-18-7-4-5-14-30-18;/h6,8-9,17-18,21H,4-5,7,10-16H2,1-3H3,(H,26,27);1H. The Bertz CT molecular complexity index is 704. The number of rotatable bonds is 7. The minimum atomic E-state index is -0.532. The molecule has 0 radical (unpaired) electrons. The molecule has 0 saturated carbocycles. The van der Waals surface area contributed by atoms with E-state index in [1.165, 1.54) is 24.6 Å². The second-order valence-electron chi connectivity index (χ2n) is 8.55. The fraction of sp³-hybridized carbons (Fsp3) is 0.696. The van der Waals surface area contributed by atoms with Crippen LogP contribution >= 0.6 is 24.0 Å². The van der Waals surface area contributed by atoms with Gasteiger partial charge in [0.25, 0.3) is 0 Å². The predicted octanol–water partition coefficient (Wildman–Crippen LogP) is 3.81. The Labute approximate surface area is 207 Å². The summed E-state index contributed by atoms with van der Waals surface area (Å²) in [6, 6.07) is 3.54. The normalized spacial score (nSPS) is 21.4. The maximum Gasteiger partial charge on any atom is 0.193 e. The molecule has 6 nitrogen and oxygen atoms in total. The molecule has 2 saturated heterocycles. The zero-order valence-corrected chi connectivity index (χ0v) is 21.7. The summed E-state index contributed by atoms with van der Waals surface area (Å²) < 4.78 is 40.5. The van der Waals surface area contributed by atoms with Gasteiger partial charge in [0.2, 0.25) is 0 Å². The Kier molecular flexibility index (Phi) is 11.6. The van der Waals surface area contributed by atoms with E-state index in [9.17, 15) is 8.78 Å². The molecular weight excluding hydrogens is 529 g/mol. The molecule has 1 N–H and O–H groups in total. The summed E-state index contributed by atoms with van der Waals surface area (Å²) in [5.41, 5.74) is 0.0764. The Morgan fingerprint density at radius 1 is 1.22 bits per heavy atom. The minimum absolute atomic E-state index is 0. The van der Waals surface area contributed by atoms with Gasteiger partial charge >= 0.3 is 0 Å². The number of nitrogens with zero attached hydrogens (tertiary/aromatic N) is 3. The van der Waals surface area contributed by atoms with Gasteiger partial charge in [0.05, 0.1) is 24.9 Å². The van der Waals surface area contributed by atoms with Crippen molar-refractivity contribution in [1.29, 1.82) is 0 Å². The number of likely N-dealkylation sites (N-methyl/N-ethyl adjacent to an activating group) is 1. The quantitative estimate of drug-likeness (QED) is 0.309. The lowest BCUT2D eigenvalue weighted by atomic mass is 10.0. The van der Waals surface area contributed by atoms with Crippen molar-refractivity contribution in [2.24, 2.45) is 4.99 Å². The van der Waals surface area contributed by atoms with Crippen LogP contribution in [0.25, 0.3) is 0 Å². The minimum Gasteiger partial charge on any atom is -0.376 e. The summed E-state index contributed by atoms with van der Waals surface area (Å²) in [6.45, 7) is 3.54. The second-order valence-corrected chi connectivity index (χ2v) is 8.55. The Balaban J connectivity index is 0.00000363. The highest BCUT2D eigenvalue weighted by atomic mass is 127. The molecule has 9 heteroatoms. The molecule has 2 aliphatic rings. The van der Waals surface area contributed by atoms with Gasteiger partial charge in [-0.2, -0.15) is 0 Å². The molecule has 1 aromatic rings. The molecule has 0 aromatic heterocycles. The van der Waals surface area contributed by atoms with Crippen molar-refractivity contribution in [2.75, 3.05) is 54.0 Å². The summed E-state index contributed by atoms with van der Waals surface area (Å²) >= 11 is 0. The Morgan fingerprint density at radius 3 is 2.47 bits per heavy atom. The van der Waals surface area contributed by atoms with Crippen LogP contribution in [0.3, 0.4) is 0 Å². The van der Waals surface area contributed by atoms with Crippen LogP contribution in [-0.4, -0.2) is 82.0 Å². The van der Waals surface area contributed by atoms with Gasteiger partial charge in [-0.15, -0.1) is 24.0 Å². The maximum atomic E-state index is 14.3. The third-order valence-corrected chi connectivity index (χ3v) is 6.15. The average Bonchev–Trinajstić information content (AvgIpc) is 2.78. The summed E-state index contributed by atoms with van der Waals surface area (Å²) in [6.07, 6.45) is 5.78. The van der Waals surface area contributed by atoms with E-state index in [2.05, 4.69) is 15.2 Å². The van der Waals surface area contributed by atoms with Crippen molar-refractivity contribution in [2.45, 2.75) is 50.4 Å². The van der Waals surface area contributed by atoms with Crippen LogP contribution in [0, 0.1) is 11.6 Å². The first-order valence-corrected chi connectivity index (χ1v) is 11.3. The third-order valence-electron chi connectivity index (χ3n) is 6.15. The maximum absolute atomic E-state index is 14.3. The van der Waals surface area contributed by atoms with Crippen molar-refractivity contribution in [1.82, 2.24) is 15.1 Å². The van der Waals surface area contributed by atoms with Gasteiger partial charge in [-0.1, -0.05) is 6.07 Å². The number of benzene rings is 1. The first-order valence-electron chi connectivity index (χ1n) is 11.3. The summed E-state index contributed by atoms with van der Waals surface area (Å²) in [5, 5.41) is 3.31. The van der Waals surface area contributed by atoms with Crippen LogP contribution in [0.4, 0.5) is 8.78 Å². The van der Waals surface area contributed by atoms with Crippen LogP contribution in [0.2, 0.25) is 0 Å². The molecule has 2 aliphatic heterocycles. The molecule has 32 heavy (non-hydrogen) atoms. The summed E-state index contributed by atoms with van der Waals surface area (Å²) in [4.78, 5) is 8.39. The Hall–Kier alpha value is -1.04. The number of ether oxygens (including phenoxy) is 2. The van der Waals surface area contributed by atoms with Crippen molar-refractivity contribution >= 4 is 29.9 Å². The van der Waals surface area contributed by atoms with Crippen molar-refractivity contribution in [3.05, 3.63) is 35.4 Å². The van der Waals surface area contributed by atoms with Crippen LogP contribution < -0.4 is 5.32 Å². The fourth-order valence-corrected chi connectivity index (χ4v) is 4.31. The summed E-state index contributed by atoms with van der Waals surface area (Å²) in [5.74, 6) is -0.316. The first-order chi connectivity index (χ1) is 15.0. The second kappa shape index (κ2) is 13.6. The van der Waals surface area contributed by atoms with E-state index in [1.54, 1.807) is 7.05 Å². The van der Waals surface area contributed by atoms with E-state index < -0.39 is 17.7 Å². The monoisotopic (exact) mass is 566 g/mol. The topological polar surface area (TPSA) is 49.3 Å². The van der Waals surface area contributed by atoms with E-state index in [1.807, 2.05) is 19.0 Å². The molecule has 2 unspecified atom stereocenters. The SMILES string of the molecule is CN=C(NCC(c1c(F)cccc1F)N(C)C)N1CCC(OCC2CCCCO2)CC1.I. The Morgan fingerprint density at radius 2 is 1.91 bits per heavy atom. The first kappa shape index (κ1) is 27.2. The number of hydrogen-bond acceptors (Lipinski definition) is 4. The van der Waals surface area contributed by atoms with Crippen LogP contribution in [-0.2, 0) is 9.47 Å². The molecular formula is C23H37F2IN4O2. The van der Waals surface area contributed by atoms with E-state index in [0.29, 0.717) is 13.2 Å². The van der Waals surface area contributed by atoms with E-state index in [-0.39, 0.29) is 41.7 Å². The lowest BCUT2D eigenvalue weighted by Crippen LogP contribution is -2.49. The zero-order chi connectivity index (χ0) is 22.2. The van der Waals surface area contributed by atoms with E-state index >= 15 is 0 Å². The molecule has 0 bridgehead atoms. The highest BCUT2D eigenvalue weighted by molar-refractivity contribution is 14.0. The molecule has 1 aromatic carbocycles. The number of halogens is 3. The lowest BCUT2D eigenvalue weighted by molar-refractivity contribution is -0.0721. The highest BCUT2D eigenvalue weighted by Crippen LogP contribution is 2.24. The number of nitrogens with one attached hydrogen (secondary N) is 1. The zero-order valence-electron chi connectivity index (χ0n) is 19.4. The predicted molar refractivity (Wildman–Crippen MR) is 134 cm³/mol. The molecule has 3 rings (SSSR count).